The van der Waals surface area contributed by atoms with Gasteiger partial charge in [-0.2, -0.15) is 0 Å². The predicted molar refractivity (Wildman–Crippen MR) is 44.0 cm³/mol. The van der Waals surface area contributed by atoms with Crippen molar-refractivity contribution in [1.82, 2.24) is 0 Å². The molecule has 0 aromatic heterocycles. The summed E-state index contributed by atoms with van der Waals surface area (Å²) in [5.41, 5.74) is -1.09. The number of aliphatic hydroxyl groups is 1. The van der Waals surface area contributed by atoms with Gasteiger partial charge in [0.15, 0.2) is 0 Å². The van der Waals surface area contributed by atoms with Gasteiger partial charge in [0, 0.05) is 19.6 Å². The van der Waals surface area contributed by atoms with Crippen molar-refractivity contribution >= 4 is 0 Å². The van der Waals surface area contributed by atoms with E-state index in [9.17, 15) is 5.11 Å². The molecule has 1 N–H and O–H groups in total. The Kier molecular flexibility index (Phi) is 1.90. The van der Waals surface area contributed by atoms with Crippen LogP contribution < -0.4 is 0 Å². The van der Waals surface area contributed by atoms with Gasteiger partial charge in [-0.25, -0.2) is 0 Å². The first-order valence-corrected chi connectivity index (χ1v) is 4.60. The monoisotopic (exact) mass is 172 g/mol. The van der Waals surface area contributed by atoms with Crippen LogP contribution in [0, 0.1) is 0 Å². The summed E-state index contributed by atoms with van der Waals surface area (Å²) < 4.78 is 10.9. The van der Waals surface area contributed by atoms with Crippen LogP contribution in [0.25, 0.3) is 0 Å². The van der Waals surface area contributed by atoms with Crippen LogP contribution in [0.15, 0.2) is 0 Å². The lowest BCUT2D eigenvalue weighted by Crippen LogP contribution is -2.58. The molecule has 0 saturated carbocycles. The van der Waals surface area contributed by atoms with Crippen LogP contribution in [-0.2, 0) is 9.47 Å². The molecule has 2 aliphatic rings. The lowest BCUT2D eigenvalue weighted by molar-refractivity contribution is -0.213. The zero-order valence-corrected chi connectivity index (χ0v) is 7.51. The fraction of sp³-hybridized carbons (Fsp3) is 1.00. The molecule has 3 nitrogen and oxygen atoms in total. The first-order chi connectivity index (χ1) is 5.66. The van der Waals surface area contributed by atoms with E-state index in [1.54, 1.807) is 0 Å². The van der Waals surface area contributed by atoms with Gasteiger partial charge in [0.25, 0.3) is 0 Å². The van der Waals surface area contributed by atoms with Gasteiger partial charge in [-0.1, -0.05) is 0 Å². The van der Waals surface area contributed by atoms with E-state index < -0.39 is 5.60 Å². The molecule has 2 rings (SSSR count). The summed E-state index contributed by atoms with van der Waals surface area (Å²) in [6, 6.07) is 0. The molecule has 2 atom stereocenters. The largest absolute Gasteiger partial charge is 0.385 e. The fourth-order valence-corrected chi connectivity index (χ4v) is 2.23. The lowest BCUT2D eigenvalue weighted by atomic mass is 9.78. The normalized spacial score (nSPS) is 48.5. The number of rotatable bonds is 0. The first-order valence-electron chi connectivity index (χ1n) is 4.60. The molecule has 0 aliphatic carbocycles. The van der Waals surface area contributed by atoms with E-state index in [2.05, 4.69) is 0 Å². The predicted octanol–water partition coefficient (Wildman–Crippen LogP) is 0.707. The molecule has 2 fully saturated rings. The van der Waals surface area contributed by atoms with Crippen LogP contribution in [0.3, 0.4) is 0 Å². The molecule has 0 aromatic carbocycles. The minimum atomic E-state index is -0.790. The van der Waals surface area contributed by atoms with E-state index >= 15 is 0 Å². The summed E-state index contributed by atoms with van der Waals surface area (Å²) in [5, 5.41) is 10.1. The standard InChI is InChI=1S/C9H16O3/c1-8(10)7-11-6-4-9(8)3-2-5-12-9/h10H,2-7H2,1H3/t8-,9-/m1/s1. The molecule has 2 heterocycles. The van der Waals surface area contributed by atoms with Crippen LogP contribution in [0.2, 0.25) is 0 Å². The third kappa shape index (κ3) is 1.08. The Balaban J connectivity index is 2.19. The van der Waals surface area contributed by atoms with Crippen molar-refractivity contribution in [3.8, 4) is 0 Å². The zero-order chi connectivity index (χ0) is 8.66. The lowest BCUT2D eigenvalue weighted by Gasteiger charge is -2.45. The summed E-state index contributed by atoms with van der Waals surface area (Å²) in [4.78, 5) is 0. The van der Waals surface area contributed by atoms with Crippen molar-refractivity contribution in [3.63, 3.8) is 0 Å². The molecular formula is C9H16O3. The third-order valence-corrected chi connectivity index (χ3v) is 3.12. The van der Waals surface area contributed by atoms with Gasteiger partial charge in [0.2, 0.25) is 0 Å². The zero-order valence-electron chi connectivity index (χ0n) is 7.51. The number of hydrogen-bond donors (Lipinski definition) is 1. The summed E-state index contributed by atoms with van der Waals surface area (Å²) >= 11 is 0. The van der Waals surface area contributed by atoms with E-state index in [0.717, 1.165) is 32.5 Å². The maximum absolute atomic E-state index is 10.1. The van der Waals surface area contributed by atoms with Crippen molar-refractivity contribution in [3.05, 3.63) is 0 Å². The van der Waals surface area contributed by atoms with Gasteiger partial charge in [0.05, 0.1) is 6.61 Å². The van der Waals surface area contributed by atoms with E-state index in [-0.39, 0.29) is 5.60 Å². The van der Waals surface area contributed by atoms with Crippen LogP contribution in [0.4, 0.5) is 0 Å². The van der Waals surface area contributed by atoms with Crippen LogP contribution in [-0.4, -0.2) is 36.1 Å². The summed E-state index contributed by atoms with van der Waals surface area (Å²) in [7, 11) is 0. The van der Waals surface area contributed by atoms with Gasteiger partial charge in [-0.05, 0) is 19.8 Å². The van der Waals surface area contributed by atoms with Crippen LogP contribution >= 0.6 is 0 Å². The van der Waals surface area contributed by atoms with Crippen molar-refractivity contribution in [1.29, 1.82) is 0 Å². The Labute approximate surface area is 72.7 Å². The maximum Gasteiger partial charge on any atom is 0.114 e. The van der Waals surface area contributed by atoms with E-state index in [0.29, 0.717) is 6.61 Å². The Morgan fingerprint density at radius 2 is 2.08 bits per heavy atom. The first kappa shape index (κ1) is 8.48. The van der Waals surface area contributed by atoms with E-state index in [4.69, 9.17) is 9.47 Å². The average Bonchev–Trinajstić information content (AvgIpc) is 2.46. The van der Waals surface area contributed by atoms with E-state index in [1.165, 1.54) is 0 Å². The maximum atomic E-state index is 10.1. The second-order valence-corrected chi connectivity index (χ2v) is 4.02. The molecule has 0 radical (unpaired) electrons. The molecule has 2 saturated heterocycles. The summed E-state index contributed by atoms with van der Waals surface area (Å²) in [6.45, 7) is 3.73. The highest BCUT2D eigenvalue weighted by atomic mass is 16.5. The van der Waals surface area contributed by atoms with Gasteiger partial charge in [-0.15, -0.1) is 0 Å². The molecule has 0 unspecified atom stereocenters. The van der Waals surface area contributed by atoms with Gasteiger partial charge >= 0.3 is 0 Å². The highest BCUT2D eigenvalue weighted by molar-refractivity contribution is 5.02. The third-order valence-electron chi connectivity index (χ3n) is 3.12. The molecule has 70 valence electrons. The highest BCUT2D eigenvalue weighted by Crippen LogP contribution is 2.41. The molecule has 0 amide bonds. The summed E-state index contributed by atoms with van der Waals surface area (Å²) in [5.74, 6) is 0. The molecule has 0 bridgehead atoms. The quantitative estimate of drug-likeness (QED) is 0.584. The molecule has 1 spiro atoms. The van der Waals surface area contributed by atoms with Gasteiger partial charge < -0.3 is 14.6 Å². The Hall–Kier alpha value is -0.120. The fourth-order valence-electron chi connectivity index (χ4n) is 2.23. The molecular weight excluding hydrogens is 156 g/mol. The molecule has 3 heteroatoms. The Morgan fingerprint density at radius 1 is 1.25 bits per heavy atom. The van der Waals surface area contributed by atoms with Crippen molar-refractivity contribution < 1.29 is 14.6 Å². The molecule has 0 aromatic rings. The van der Waals surface area contributed by atoms with Crippen molar-refractivity contribution in [2.24, 2.45) is 0 Å². The molecule has 2 aliphatic heterocycles. The number of hydrogen-bond acceptors (Lipinski definition) is 3. The number of ether oxygens (including phenoxy) is 2. The minimum absolute atomic E-state index is 0.300. The smallest absolute Gasteiger partial charge is 0.114 e. The second-order valence-electron chi connectivity index (χ2n) is 4.02. The van der Waals surface area contributed by atoms with Gasteiger partial charge in [0.1, 0.15) is 11.2 Å². The van der Waals surface area contributed by atoms with Crippen LogP contribution in [0.5, 0.6) is 0 Å². The minimum Gasteiger partial charge on any atom is -0.385 e. The summed E-state index contributed by atoms with van der Waals surface area (Å²) in [6.07, 6.45) is 2.87. The van der Waals surface area contributed by atoms with Crippen LogP contribution in [0.1, 0.15) is 26.2 Å². The van der Waals surface area contributed by atoms with E-state index in [1.807, 2.05) is 6.92 Å². The van der Waals surface area contributed by atoms with Crippen molar-refractivity contribution in [2.75, 3.05) is 19.8 Å². The highest BCUT2D eigenvalue weighted by Gasteiger charge is 2.52. The second kappa shape index (κ2) is 2.69. The Bertz CT molecular complexity index is 171. The average molecular weight is 172 g/mol. The van der Waals surface area contributed by atoms with Gasteiger partial charge in [-0.3, -0.25) is 0 Å². The molecule has 12 heavy (non-hydrogen) atoms. The Morgan fingerprint density at radius 3 is 2.67 bits per heavy atom. The topological polar surface area (TPSA) is 38.7 Å². The SMILES string of the molecule is C[C@@]1(O)COCC[C@]12CCCO2. The van der Waals surface area contributed by atoms with Crippen molar-refractivity contribution in [2.45, 2.75) is 37.4 Å².